The van der Waals surface area contributed by atoms with Crippen molar-refractivity contribution < 1.29 is 14.3 Å². The maximum absolute atomic E-state index is 12.4. The molecule has 1 aliphatic heterocycles. The largest absolute Gasteiger partial charge is 0.496 e. The molecule has 0 aliphatic carbocycles. The maximum Gasteiger partial charge on any atom is 0.258 e. The SMILES string of the molecule is COc1cccc(Br)c1C(=O)N1CCOCC1. The maximum atomic E-state index is 12.4. The van der Waals surface area contributed by atoms with E-state index >= 15 is 0 Å². The van der Waals surface area contributed by atoms with E-state index in [1.54, 1.807) is 18.1 Å². The minimum Gasteiger partial charge on any atom is -0.496 e. The standard InChI is InChI=1S/C12H14BrNO3/c1-16-10-4-2-3-9(13)11(10)12(15)14-5-7-17-8-6-14/h2-4H,5-8H2,1H3. The van der Waals surface area contributed by atoms with Crippen LogP contribution in [0.3, 0.4) is 0 Å². The molecule has 2 rings (SSSR count). The van der Waals surface area contributed by atoms with E-state index in [4.69, 9.17) is 9.47 Å². The smallest absolute Gasteiger partial charge is 0.258 e. The van der Waals surface area contributed by atoms with Crippen molar-refractivity contribution in [2.45, 2.75) is 0 Å². The Hall–Kier alpha value is -1.07. The van der Waals surface area contributed by atoms with Gasteiger partial charge in [0.2, 0.25) is 0 Å². The molecule has 5 heteroatoms. The average molecular weight is 300 g/mol. The average Bonchev–Trinajstić information content (AvgIpc) is 2.38. The lowest BCUT2D eigenvalue weighted by Gasteiger charge is -2.27. The number of ether oxygens (including phenoxy) is 2. The summed E-state index contributed by atoms with van der Waals surface area (Å²) in [7, 11) is 1.57. The number of nitrogens with zero attached hydrogens (tertiary/aromatic N) is 1. The zero-order chi connectivity index (χ0) is 12.3. The second-order valence-corrected chi connectivity index (χ2v) is 4.58. The highest BCUT2D eigenvalue weighted by Gasteiger charge is 2.23. The van der Waals surface area contributed by atoms with E-state index in [9.17, 15) is 4.79 Å². The molecule has 0 spiro atoms. The molecule has 1 saturated heterocycles. The van der Waals surface area contributed by atoms with E-state index in [0.29, 0.717) is 37.6 Å². The second-order valence-electron chi connectivity index (χ2n) is 3.72. The van der Waals surface area contributed by atoms with Crippen molar-refractivity contribution >= 4 is 21.8 Å². The third-order valence-corrected chi connectivity index (χ3v) is 3.37. The number of methoxy groups -OCH3 is 1. The van der Waals surface area contributed by atoms with Crippen LogP contribution in [0, 0.1) is 0 Å². The first kappa shape index (κ1) is 12.4. The highest BCUT2D eigenvalue weighted by atomic mass is 79.9. The quantitative estimate of drug-likeness (QED) is 0.838. The summed E-state index contributed by atoms with van der Waals surface area (Å²) in [6, 6.07) is 5.48. The van der Waals surface area contributed by atoms with Gasteiger partial charge >= 0.3 is 0 Å². The number of benzene rings is 1. The lowest BCUT2D eigenvalue weighted by atomic mass is 10.1. The summed E-state index contributed by atoms with van der Waals surface area (Å²) in [6.45, 7) is 2.45. The molecule has 0 bridgehead atoms. The molecule has 0 aromatic heterocycles. The van der Waals surface area contributed by atoms with Gasteiger partial charge in [-0.3, -0.25) is 4.79 Å². The van der Waals surface area contributed by atoms with Gasteiger partial charge < -0.3 is 14.4 Å². The molecule has 4 nitrogen and oxygen atoms in total. The first-order valence-electron chi connectivity index (χ1n) is 5.43. The topological polar surface area (TPSA) is 38.8 Å². The van der Waals surface area contributed by atoms with Crippen molar-refractivity contribution in [3.8, 4) is 5.75 Å². The molecular weight excluding hydrogens is 286 g/mol. The van der Waals surface area contributed by atoms with E-state index in [1.807, 2.05) is 12.1 Å². The first-order chi connectivity index (χ1) is 8.24. The van der Waals surface area contributed by atoms with E-state index in [-0.39, 0.29) is 5.91 Å². The van der Waals surface area contributed by atoms with Gasteiger partial charge in [-0.2, -0.15) is 0 Å². The monoisotopic (exact) mass is 299 g/mol. The zero-order valence-corrected chi connectivity index (χ0v) is 11.2. The van der Waals surface area contributed by atoms with Crippen LogP contribution in [0.25, 0.3) is 0 Å². The zero-order valence-electron chi connectivity index (χ0n) is 9.61. The molecular formula is C12H14BrNO3. The number of carbonyl (C=O) groups excluding carboxylic acids is 1. The van der Waals surface area contributed by atoms with Gasteiger partial charge in [-0.05, 0) is 28.1 Å². The highest BCUT2D eigenvalue weighted by molar-refractivity contribution is 9.10. The van der Waals surface area contributed by atoms with Crippen molar-refractivity contribution in [2.75, 3.05) is 33.4 Å². The number of rotatable bonds is 2. The van der Waals surface area contributed by atoms with Crippen LogP contribution in [-0.2, 0) is 4.74 Å². The number of carbonyl (C=O) groups is 1. The Morgan fingerprint density at radius 1 is 1.41 bits per heavy atom. The fraction of sp³-hybridized carbons (Fsp3) is 0.417. The molecule has 0 saturated carbocycles. The summed E-state index contributed by atoms with van der Waals surface area (Å²) < 4.78 is 11.2. The van der Waals surface area contributed by atoms with Crippen LogP contribution in [0.15, 0.2) is 22.7 Å². The number of hydrogen-bond acceptors (Lipinski definition) is 3. The molecule has 0 atom stereocenters. The fourth-order valence-corrected chi connectivity index (χ4v) is 2.32. The minimum absolute atomic E-state index is 0.0161. The van der Waals surface area contributed by atoms with Gasteiger partial charge in [0, 0.05) is 17.6 Å². The predicted octanol–water partition coefficient (Wildman–Crippen LogP) is 1.93. The number of amides is 1. The summed E-state index contributed by atoms with van der Waals surface area (Å²) in [6.07, 6.45) is 0. The van der Waals surface area contributed by atoms with Crippen molar-refractivity contribution in [3.05, 3.63) is 28.2 Å². The van der Waals surface area contributed by atoms with Crippen LogP contribution in [0.5, 0.6) is 5.75 Å². The summed E-state index contributed by atoms with van der Waals surface area (Å²) >= 11 is 3.40. The van der Waals surface area contributed by atoms with Gasteiger partial charge in [0.1, 0.15) is 5.75 Å². The van der Waals surface area contributed by atoms with Crippen LogP contribution in [-0.4, -0.2) is 44.2 Å². The molecule has 1 aromatic carbocycles. The summed E-state index contributed by atoms with van der Waals surface area (Å²) in [5.74, 6) is 0.577. The van der Waals surface area contributed by atoms with Crippen LogP contribution >= 0.6 is 15.9 Å². The molecule has 0 unspecified atom stereocenters. The molecule has 0 N–H and O–H groups in total. The molecule has 1 aliphatic rings. The van der Waals surface area contributed by atoms with Gasteiger partial charge in [0.05, 0.1) is 25.9 Å². The Morgan fingerprint density at radius 3 is 2.76 bits per heavy atom. The second kappa shape index (κ2) is 5.51. The van der Waals surface area contributed by atoms with E-state index in [2.05, 4.69) is 15.9 Å². The van der Waals surface area contributed by atoms with Crippen molar-refractivity contribution in [1.29, 1.82) is 0 Å². The van der Waals surface area contributed by atoms with Crippen LogP contribution in [0.4, 0.5) is 0 Å². The highest BCUT2D eigenvalue weighted by Crippen LogP contribution is 2.28. The molecule has 1 amide bonds. The van der Waals surface area contributed by atoms with E-state index in [0.717, 1.165) is 4.47 Å². The summed E-state index contributed by atoms with van der Waals surface area (Å²) in [5, 5.41) is 0. The first-order valence-corrected chi connectivity index (χ1v) is 6.23. The predicted molar refractivity (Wildman–Crippen MR) is 67.4 cm³/mol. The summed E-state index contributed by atoms with van der Waals surface area (Å²) in [5.41, 5.74) is 0.580. The Labute approximate surface area is 109 Å². The van der Waals surface area contributed by atoms with Crippen LogP contribution < -0.4 is 4.74 Å². The molecule has 0 radical (unpaired) electrons. The summed E-state index contributed by atoms with van der Waals surface area (Å²) in [4.78, 5) is 14.1. The molecule has 92 valence electrons. The van der Waals surface area contributed by atoms with E-state index in [1.165, 1.54) is 0 Å². The Morgan fingerprint density at radius 2 is 2.12 bits per heavy atom. The van der Waals surface area contributed by atoms with Crippen molar-refractivity contribution in [2.24, 2.45) is 0 Å². The third kappa shape index (κ3) is 2.61. The minimum atomic E-state index is -0.0161. The van der Waals surface area contributed by atoms with Crippen LogP contribution in [0.2, 0.25) is 0 Å². The van der Waals surface area contributed by atoms with Gasteiger partial charge in [0.25, 0.3) is 5.91 Å². The van der Waals surface area contributed by atoms with Gasteiger partial charge in [-0.15, -0.1) is 0 Å². The Balaban J connectivity index is 2.29. The van der Waals surface area contributed by atoms with Gasteiger partial charge in [-0.25, -0.2) is 0 Å². The Kier molecular flexibility index (Phi) is 4.02. The molecule has 1 fully saturated rings. The third-order valence-electron chi connectivity index (χ3n) is 2.71. The lowest BCUT2D eigenvalue weighted by molar-refractivity contribution is 0.0300. The number of morpholine rings is 1. The number of halogens is 1. The Bertz CT molecular complexity index is 416. The molecule has 1 heterocycles. The van der Waals surface area contributed by atoms with Crippen molar-refractivity contribution in [3.63, 3.8) is 0 Å². The van der Waals surface area contributed by atoms with E-state index < -0.39 is 0 Å². The lowest BCUT2D eigenvalue weighted by Crippen LogP contribution is -2.40. The fourth-order valence-electron chi connectivity index (χ4n) is 1.81. The van der Waals surface area contributed by atoms with Gasteiger partial charge in [0.15, 0.2) is 0 Å². The normalized spacial score (nSPS) is 15.8. The van der Waals surface area contributed by atoms with Gasteiger partial charge in [-0.1, -0.05) is 6.07 Å². The molecule has 17 heavy (non-hydrogen) atoms. The van der Waals surface area contributed by atoms with Crippen LogP contribution in [0.1, 0.15) is 10.4 Å². The van der Waals surface area contributed by atoms with Crippen molar-refractivity contribution in [1.82, 2.24) is 4.90 Å². The molecule has 1 aromatic rings. The number of hydrogen-bond donors (Lipinski definition) is 0.